The van der Waals surface area contributed by atoms with Gasteiger partial charge in [0.15, 0.2) is 13.1 Å². The predicted octanol–water partition coefficient (Wildman–Crippen LogP) is 1.49. The van der Waals surface area contributed by atoms with E-state index in [-0.39, 0.29) is 24.9 Å². The number of para-hydroxylation sites is 1. The first-order valence-corrected chi connectivity index (χ1v) is 9.77. The fourth-order valence-electron chi connectivity index (χ4n) is 2.62. The van der Waals surface area contributed by atoms with Crippen LogP contribution in [0.2, 0.25) is 0 Å². The molecule has 6 heteroatoms. The summed E-state index contributed by atoms with van der Waals surface area (Å²) in [7, 11) is 1.84. The Kier molecular flexibility index (Phi) is 7.69. The normalized spacial score (nSPS) is 11.7. The molecule has 0 bridgehead atoms. The second-order valence-corrected chi connectivity index (χ2v) is 7.11. The van der Waals surface area contributed by atoms with Crippen molar-refractivity contribution in [3.05, 3.63) is 59.7 Å². The zero-order valence-corrected chi connectivity index (χ0v) is 16.3. The van der Waals surface area contributed by atoms with E-state index < -0.39 is 0 Å². The highest BCUT2D eigenvalue weighted by atomic mass is 32.2. The van der Waals surface area contributed by atoms with E-state index in [4.69, 9.17) is 0 Å². The van der Waals surface area contributed by atoms with E-state index >= 15 is 0 Å². The minimum Gasteiger partial charge on any atom is -0.347 e. The van der Waals surface area contributed by atoms with Crippen LogP contribution in [0.1, 0.15) is 11.1 Å². The van der Waals surface area contributed by atoms with Crippen molar-refractivity contribution in [3.8, 4) is 0 Å². The van der Waals surface area contributed by atoms with Gasteiger partial charge in [-0.2, -0.15) is 0 Å². The Morgan fingerprint density at radius 1 is 1.00 bits per heavy atom. The first-order chi connectivity index (χ1) is 12.5. The van der Waals surface area contributed by atoms with Crippen LogP contribution < -0.4 is 15.5 Å². The summed E-state index contributed by atoms with van der Waals surface area (Å²) < 4.78 is 0. The molecule has 0 spiro atoms. The van der Waals surface area contributed by atoms with E-state index in [1.54, 1.807) is 11.8 Å². The summed E-state index contributed by atoms with van der Waals surface area (Å²) in [6, 6.07) is 15.7. The average Bonchev–Trinajstić information content (AvgIpc) is 2.61. The Balaban J connectivity index is 1.78. The van der Waals surface area contributed by atoms with E-state index in [1.165, 1.54) is 0 Å². The number of rotatable bonds is 8. The fraction of sp³-hybridized carbons (Fsp3) is 0.300. The highest BCUT2D eigenvalue weighted by molar-refractivity contribution is 7.98. The molecule has 2 aromatic carbocycles. The van der Waals surface area contributed by atoms with Crippen molar-refractivity contribution in [3.63, 3.8) is 0 Å². The molecule has 1 unspecified atom stereocenters. The molecule has 0 saturated heterocycles. The van der Waals surface area contributed by atoms with Gasteiger partial charge in [0.05, 0.1) is 12.7 Å². The van der Waals surface area contributed by atoms with Gasteiger partial charge in [0.25, 0.3) is 11.8 Å². The van der Waals surface area contributed by atoms with E-state index in [0.717, 1.165) is 26.6 Å². The van der Waals surface area contributed by atoms with E-state index in [9.17, 15) is 9.59 Å². The standard InChI is InChI=1S/C20H25N3O2S/c1-15-8-4-5-9-16(15)12-21-19(24)13-23(2)14-20(25)22-17-10-6-7-11-18(17)26-3/h4-11H,12-14H2,1-3H3,(H,21,24)(H,22,25)/p+1. The van der Waals surface area contributed by atoms with Gasteiger partial charge in [0.1, 0.15) is 0 Å². The van der Waals surface area contributed by atoms with Crippen LogP contribution in [0, 0.1) is 6.92 Å². The Labute approximate surface area is 159 Å². The number of benzene rings is 2. The maximum atomic E-state index is 12.2. The minimum absolute atomic E-state index is 0.0666. The van der Waals surface area contributed by atoms with Gasteiger partial charge in [0, 0.05) is 11.4 Å². The lowest BCUT2D eigenvalue weighted by Crippen LogP contribution is -3.11. The third kappa shape index (κ3) is 6.20. The van der Waals surface area contributed by atoms with Gasteiger partial charge in [-0.1, -0.05) is 36.4 Å². The molecule has 0 saturated carbocycles. The van der Waals surface area contributed by atoms with Gasteiger partial charge in [-0.3, -0.25) is 9.59 Å². The SMILES string of the molecule is CSc1ccccc1NC(=O)C[NH+](C)CC(=O)NCc1ccccc1C. The second-order valence-electron chi connectivity index (χ2n) is 6.26. The Hall–Kier alpha value is -2.31. The number of hydrogen-bond donors (Lipinski definition) is 3. The predicted molar refractivity (Wildman–Crippen MR) is 106 cm³/mol. The van der Waals surface area contributed by atoms with Crippen molar-refractivity contribution in [2.45, 2.75) is 18.4 Å². The van der Waals surface area contributed by atoms with Crippen molar-refractivity contribution in [1.82, 2.24) is 5.32 Å². The summed E-state index contributed by atoms with van der Waals surface area (Å²) in [6.45, 7) is 3.02. The topological polar surface area (TPSA) is 62.6 Å². The second kappa shape index (κ2) is 9.99. The molecule has 2 rings (SSSR count). The maximum absolute atomic E-state index is 12.2. The van der Waals surface area contributed by atoms with Crippen LogP contribution in [-0.4, -0.2) is 38.2 Å². The van der Waals surface area contributed by atoms with Crippen LogP contribution in [0.3, 0.4) is 0 Å². The largest absolute Gasteiger partial charge is 0.347 e. The number of carbonyl (C=O) groups excluding carboxylic acids is 2. The number of likely N-dealkylation sites (N-methyl/N-ethyl adjacent to an activating group) is 1. The van der Waals surface area contributed by atoms with Crippen LogP contribution in [0.5, 0.6) is 0 Å². The van der Waals surface area contributed by atoms with Gasteiger partial charge in [0.2, 0.25) is 0 Å². The molecule has 3 N–H and O–H groups in total. The monoisotopic (exact) mass is 372 g/mol. The summed E-state index contributed by atoms with van der Waals surface area (Å²) in [5.74, 6) is -0.168. The fourth-order valence-corrected chi connectivity index (χ4v) is 3.17. The zero-order valence-electron chi connectivity index (χ0n) is 15.5. The highest BCUT2D eigenvalue weighted by Gasteiger charge is 2.15. The van der Waals surface area contributed by atoms with Gasteiger partial charge >= 0.3 is 0 Å². The molecule has 0 aliphatic carbocycles. The molecule has 0 radical (unpaired) electrons. The van der Waals surface area contributed by atoms with Crippen molar-refractivity contribution < 1.29 is 14.5 Å². The molecule has 0 aliphatic heterocycles. The summed E-state index contributed by atoms with van der Waals surface area (Å²) in [4.78, 5) is 26.2. The first-order valence-electron chi connectivity index (χ1n) is 8.55. The number of nitrogens with one attached hydrogen (secondary N) is 3. The van der Waals surface area contributed by atoms with Crippen molar-refractivity contribution in [1.29, 1.82) is 0 Å². The minimum atomic E-state index is -0.101. The number of thioether (sulfide) groups is 1. The number of hydrogen-bond acceptors (Lipinski definition) is 3. The molecule has 0 aliphatic rings. The lowest BCUT2D eigenvalue weighted by molar-refractivity contribution is -0.862. The highest BCUT2D eigenvalue weighted by Crippen LogP contribution is 2.24. The maximum Gasteiger partial charge on any atom is 0.279 e. The Bertz CT molecular complexity index is 764. The molecular weight excluding hydrogens is 346 g/mol. The molecule has 5 nitrogen and oxygen atoms in total. The zero-order chi connectivity index (χ0) is 18.9. The third-order valence-corrected chi connectivity index (χ3v) is 4.84. The summed E-state index contributed by atoms with van der Waals surface area (Å²) in [6.07, 6.45) is 1.97. The molecule has 0 heterocycles. The van der Waals surface area contributed by atoms with Crippen LogP contribution >= 0.6 is 11.8 Å². The molecule has 1 atom stereocenters. The Morgan fingerprint density at radius 2 is 1.65 bits per heavy atom. The molecule has 2 aromatic rings. The molecule has 2 amide bonds. The van der Waals surface area contributed by atoms with Gasteiger partial charge in [-0.15, -0.1) is 11.8 Å². The number of carbonyl (C=O) groups is 2. The smallest absolute Gasteiger partial charge is 0.279 e. The molecular formula is C20H26N3O2S+. The van der Waals surface area contributed by atoms with Crippen LogP contribution in [0.15, 0.2) is 53.4 Å². The lowest BCUT2D eigenvalue weighted by atomic mass is 10.1. The average molecular weight is 373 g/mol. The Morgan fingerprint density at radius 3 is 2.38 bits per heavy atom. The van der Waals surface area contributed by atoms with Crippen LogP contribution in [0.4, 0.5) is 5.69 Å². The lowest BCUT2D eigenvalue weighted by Gasteiger charge is -2.15. The van der Waals surface area contributed by atoms with Crippen LogP contribution in [0.25, 0.3) is 0 Å². The van der Waals surface area contributed by atoms with Gasteiger partial charge in [-0.25, -0.2) is 0 Å². The summed E-state index contributed by atoms with van der Waals surface area (Å²) in [5, 5.41) is 5.84. The number of quaternary nitrogens is 1. The van der Waals surface area contributed by atoms with Crippen molar-refractivity contribution in [2.75, 3.05) is 31.7 Å². The molecule has 0 fully saturated rings. The van der Waals surface area contributed by atoms with Gasteiger partial charge in [-0.05, 0) is 36.4 Å². The third-order valence-electron chi connectivity index (χ3n) is 4.04. The molecule has 138 valence electrons. The first kappa shape index (κ1) is 20.0. The van der Waals surface area contributed by atoms with Crippen molar-refractivity contribution >= 4 is 29.3 Å². The number of aryl methyl sites for hydroxylation is 1. The quantitative estimate of drug-likeness (QED) is 0.615. The van der Waals surface area contributed by atoms with E-state index in [0.29, 0.717) is 6.54 Å². The van der Waals surface area contributed by atoms with E-state index in [1.807, 2.05) is 68.8 Å². The number of amides is 2. The van der Waals surface area contributed by atoms with Crippen LogP contribution in [-0.2, 0) is 16.1 Å². The number of anilines is 1. The van der Waals surface area contributed by atoms with Gasteiger partial charge < -0.3 is 15.5 Å². The van der Waals surface area contributed by atoms with Crippen molar-refractivity contribution in [2.24, 2.45) is 0 Å². The molecule has 26 heavy (non-hydrogen) atoms. The molecule has 0 aromatic heterocycles. The van der Waals surface area contributed by atoms with E-state index in [2.05, 4.69) is 10.6 Å². The summed E-state index contributed by atoms with van der Waals surface area (Å²) >= 11 is 1.59. The summed E-state index contributed by atoms with van der Waals surface area (Å²) in [5.41, 5.74) is 3.06.